The van der Waals surface area contributed by atoms with Crippen LogP contribution in [0.25, 0.3) is 0 Å². The van der Waals surface area contributed by atoms with Crippen LogP contribution in [0.3, 0.4) is 0 Å². The van der Waals surface area contributed by atoms with Crippen LogP contribution in [-0.2, 0) is 9.59 Å². The molecule has 3 aromatic rings. The molecular formula is C19H17ClN4O3S2. The summed E-state index contributed by atoms with van der Waals surface area (Å²) in [7, 11) is 0. The molecule has 1 heterocycles. The molecule has 2 aromatic carbocycles. The largest absolute Gasteiger partial charge is 0.484 e. The summed E-state index contributed by atoms with van der Waals surface area (Å²) in [5.74, 6) is 0.233. The van der Waals surface area contributed by atoms with Gasteiger partial charge in [-0.05, 0) is 48.9 Å². The number of nitrogens with zero attached hydrogens (tertiary/aromatic N) is 2. The Hall–Kier alpha value is -2.62. The predicted octanol–water partition coefficient (Wildman–Crippen LogP) is 4.25. The van der Waals surface area contributed by atoms with Crippen molar-refractivity contribution in [3.05, 3.63) is 59.1 Å². The number of carbonyl (C=O) groups excluding carboxylic acids is 2. The highest BCUT2D eigenvalue weighted by Gasteiger charge is 2.11. The number of ether oxygens (including phenoxy) is 1. The van der Waals surface area contributed by atoms with Crippen LogP contribution in [-0.4, -0.2) is 34.4 Å². The van der Waals surface area contributed by atoms with Crippen LogP contribution in [0.4, 0.5) is 10.8 Å². The van der Waals surface area contributed by atoms with E-state index in [0.717, 1.165) is 11.3 Å². The zero-order valence-corrected chi connectivity index (χ0v) is 17.7. The summed E-state index contributed by atoms with van der Waals surface area (Å²) in [6.45, 7) is 1.80. The fourth-order valence-corrected chi connectivity index (χ4v) is 3.89. The Morgan fingerprint density at radius 3 is 2.66 bits per heavy atom. The molecule has 0 saturated carbocycles. The molecule has 29 heavy (non-hydrogen) atoms. The van der Waals surface area contributed by atoms with Crippen molar-refractivity contribution in [2.45, 2.75) is 11.3 Å². The van der Waals surface area contributed by atoms with Gasteiger partial charge in [-0.2, -0.15) is 0 Å². The molecule has 0 unspecified atom stereocenters. The van der Waals surface area contributed by atoms with Crippen LogP contribution in [0.2, 0.25) is 5.02 Å². The zero-order chi connectivity index (χ0) is 20.6. The van der Waals surface area contributed by atoms with E-state index in [9.17, 15) is 9.59 Å². The van der Waals surface area contributed by atoms with E-state index in [4.69, 9.17) is 16.3 Å². The number of benzene rings is 2. The molecule has 0 fully saturated rings. The minimum absolute atomic E-state index is 0.141. The number of hydrogen-bond donors (Lipinski definition) is 2. The molecule has 0 atom stereocenters. The third kappa shape index (κ3) is 7.04. The van der Waals surface area contributed by atoms with Gasteiger partial charge in [0.25, 0.3) is 5.91 Å². The van der Waals surface area contributed by atoms with Crippen molar-refractivity contribution in [2.24, 2.45) is 0 Å². The molecule has 10 heteroatoms. The van der Waals surface area contributed by atoms with Crippen LogP contribution in [0.1, 0.15) is 5.56 Å². The highest BCUT2D eigenvalue weighted by atomic mass is 35.5. The number of halogens is 1. The van der Waals surface area contributed by atoms with E-state index in [1.54, 1.807) is 24.3 Å². The van der Waals surface area contributed by atoms with Crippen molar-refractivity contribution in [3.63, 3.8) is 0 Å². The van der Waals surface area contributed by atoms with E-state index in [2.05, 4.69) is 20.8 Å². The number of aryl methyl sites for hydroxylation is 1. The lowest BCUT2D eigenvalue weighted by Gasteiger charge is -2.05. The second-order valence-corrected chi connectivity index (χ2v) is 8.51. The number of hydrogen-bond acceptors (Lipinski definition) is 7. The van der Waals surface area contributed by atoms with Gasteiger partial charge in [-0.15, -0.1) is 10.2 Å². The van der Waals surface area contributed by atoms with Gasteiger partial charge in [-0.1, -0.05) is 46.8 Å². The Balaban J connectivity index is 1.42. The maximum Gasteiger partial charge on any atom is 0.264 e. The normalized spacial score (nSPS) is 10.4. The quantitative estimate of drug-likeness (QED) is 0.395. The standard InChI is InChI=1S/C19H17ClN4O3S2/c1-12-3-2-4-14(9-12)21-17(26)11-28-19-24-23-18(29-19)22-16(25)10-27-15-7-5-13(20)6-8-15/h2-9H,10-11H2,1H3,(H,21,26)(H,22,23,25). The lowest BCUT2D eigenvalue weighted by molar-refractivity contribution is -0.118. The summed E-state index contributed by atoms with van der Waals surface area (Å²) >= 11 is 8.24. The monoisotopic (exact) mass is 448 g/mol. The number of anilines is 2. The Morgan fingerprint density at radius 1 is 1.10 bits per heavy atom. The lowest BCUT2D eigenvalue weighted by atomic mass is 10.2. The van der Waals surface area contributed by atoms with E-state index in [1.165, 1.54) is 23.1 Å². The van der Waals surface area contributed by atoms with Crippen molar-refractivity contribution in [1.29, 1.82) is 0 Å². The number of nitrogens with one attached hydrogen (secondary N) is 2. The van der Waals surface area contributed by atoms with E-state index in [-0.39, 0.29) is 24.2 Å². The molecule has 0 spiro atoms. The van der Waals surface area contributed by atoms with Crippen LogP contribution in [0.5, 0.6) is 5.75 Å². The Labute approximate surface area is 180 Å². The molecule has 0 aliphatic heterocycles. The molecule has 3 rings (SSSR count). The maximum absolute atomic E-state index is 12.1. The Kier molecular flexibility index (Phi) is 7.45. The summed E-state index contributed by atoms with van der Waals surface area (Å²) in [5, 5.41) is 14.3. The molecule has 2 amide bonds. The summed E-state index contributed by atoms with van der Waals surface area (Å²) in [4.78, 5) is 24.0. The molecule has 1 aromatic heterocycles. The average molecular weight is 449 g/mol. The number of thioether (sulfide) groups is 1. The first-order chi connectivity index (χ1) is 14.0. The molecular weight excluding hydrogens is 432 g/mol. The number of carbonyl (C=O) groups is 2. The molecule has 0 radical (unpaired) electrons. The van der Waals surface area contributed by atoms with Crippen molar-refractivity contribution in [3.8, 4) is 5.75 Å². The van der Waals surface area contributed by atoms with Gasteiger partial charge in [0.1, 0.15) is 5.75 Å². The first kappa shape index (κ1) is 21.1. The van der Waals surface area contributed by atoms with Gasteiger partial charge in [-0.3, -0.25) is 14.9 Å². The first-order valence-electron chi connectivity index (χ1n) is 8.49. The first-order valence-corrected chi connectivity index (χ1v) is 10.7. The number of amides is 2. The van der Waals surface area contributed by atoms with Crippen molar-refractivity contribution >= 4 is 57.3 Å². The SMILES string of the molecule is Cc1cccc(NC(=O)CSc2nnc(NC(=O)COc3ccc(Cl)cc3)s2)c1. The van der Waals surface area contributed by atoms with Crippen LogP contribution >= 0.6 is 34.7 Å². The van der Waals surface area contributed by atoms with E-state index >= 15 is 0 Å². The van der Waals surface area contributed by atoms with Crippen LogP contribution in [0.15, 0.2) is 52.9 Å². The van der Waals surface area contributed by atoms with Gasteiger partial charge in [0.15, 0.2) is 10.9 Å². The summed E-state index contributed by atoms with van der Waals surface area (Å²) in [6.07, 6.45) is 0. The zero-order valence-electron chi connectivity index (χ0n) is 15.3. The Morgan fingerprint density at radius 2 is 1.90 bits per heavy atom. The van der Waals surface area contributed by atoms with Gasteiger partial charge < -0.3 is 10.1 Å². The predicted molar refractivity (Wildman–Crippen MR) is 116 cm³/mol. The topological polar surface area (TPSA) is 93.2 Å². The molecule has 2 N–H and O–H groups in total. The van der Waals surface area contributed by atoms with Crippen LogP contribution < -0.4 is 15.4 Å². The third-order valence-electron chi connectivity index (χ3n) is 3.46. The summed E-state index contributed by atoms with van der Waals surface area (Å²) in [6, 6.07) is 14.3. The molecule has 150 valence electrons. The van der Waals surface area contributed by atoms with Crippen molar-refractivity contribution < 1.29 is 14.3 Å². The second kappa shape index (κ2) is 10.2. The lowest BCUT2D eigenvalue weighted by Crippen LogP contribution is -2.20. The maximum atomic E-state index is 12.1. The van der Waals surface area contributed by atoms with Crippen LogP contribution in [0, 0.1) is 6.92 Å². The second-order valence-electron chi connectivity index (χ2n) is 5.87. The molecule has 0 aliphatic carbocycles. The summed E-state index contributed by atoms with van der Waals surface area (Å²) < 4.78 is 5.96. The summed E-state index contributed by atoms with van der Waals surface area (Å²) in [5.41, 5.74) is 1.82. The number of rotatable bonds is 8. The average Bonchev–Trinajstić information content (AvgIpc) is 3.13. The van der Waals surface area contributed by atoms with Gasteiger partial charge in [0.2, 0.25) is 11.0 Å². The minimum atomic E-state index is -0.357. The molecule has 0 saturated heterocycles. The fraction of sp³-hybridized carbons (Fsp3) is 0.158. The Bertz CT molecular complexity index is 995. The number of aromatic nitrogens is 2. The van der Waals surface area contributed by atoms with E-state index < -0.39 is 0 Å². The highest BCUT2D eigenvalue weighted by molar-refractivity contribution is 8.01. The van der Waals surface area contributed by atoms with Crippen molar-refractivity contribution in [2.75, 3.05) is 23.0 Å². The van der Waals surface area contributed by atoms with E-state index in [1.807, 2.05) is 31.2 Å². The van der Waals surface area contributed by atoms with Gasteiger partial charge >= 0.3 is 0 Å². The highest BCUT2D eigenvalue weighted by Crippen LogP contribution is 2.25. The smallest absolute Gasteiger partial charge is 0.264 e. The van der Waals surface area contributed by atoms with E-state index in [0.29, 0.717) is 20.2 Å². The molecule has 0 bridgehead atoms. The van der Waals surface area contributed by atoms with Gasteiger partial charge in [0, 0.05) is 10.7 Å². The minimum Gasteiger partial charge on any atom is -0.484 e. The van der Waals surface area contributed by atoms with Gasteiger partial charge in [-0.25, -0.2) is 0 Å². The molecule has 0 aliphatic rings. The molecule has 7 nitrogen and oxygen atoms in total. The fourth-order valence-electron chi connectivity index (χ4n) is 2.20. The third-order valence-corrected chi connectivity index (χ3v) is 5.69. The van der Waals surface area contributed by atoms with Gasteiger partial charge in [0.05, 0.1) is 5.75 Å². The van der Waals surface area contributed by atoms with Crippen molar-refractivity contribution in [1.82, 2.24) is 10.2 Å².